The molecule has 106 valence electrons. The molecule has 1 rings (SSSR count). The summed E-state index contributed by atoms with van der Waals surface area (Å²) < 4.78 is 10.3. The molecule has 19 heavy (non-hydrogen) atoms. The molecule has 0 atom stereocenters. The van der Waals surface area contributed by atoms with Gasteiger partial charge in [-0.2, -0.15) is 0 Å². The highest BCUT2D eigenvalue weighted by molar-refractivity contribution is 5.73. The average Bonchev–Trinajstić information content (AvgIpc) is 2.42. The number of nitrogens with zero attached hydrogens (tertiary/aromatic N) is 2. The number of carbonyl (C=O) groups is 1. The minimum absolute atomic E-state index is 0.264. The van der Waals surface area contributed by atoms with Gasteiger partial charge in [-0.25, -0.2) is 9.97 Å². The van der Waals surface area contributed by atoms with E-state index in [9.17, 15) is 4.79 Å². The van der Waals surface area contributed by atoms with Crippen LogP contribution in [0.25, 0.3) is 0 Å². The molecule has 0 radical (unpaired) electrons. The van der Waals surface area contributed by atoms with Crippen LogP contribution in [0.2, 0.25) is 0 Å². The Bertz CT molecular complexity index is 390. The highest BCUT2D eigenvalue weighted by Gasteiger charge is 2.11. The number of aromatic nitrogens is 2. The lowest BCUT2D eigenvalue weighted by Gasteiger charge is -2.11. The molecule has 0 aromatic carbocycles. The molecule has 0 fully saturated rings. The maximum Gasteiger partial charge on any atom is 0.224 e. The Labute approximate surface area is 112 Å². The highest BCUT2D eigenvalue weighted by atomic mass is 16.5. The molecule has 0 spiro atoms. The zero-order valence-electron chi connectivity index (χ0n) is 11.3. The van der Waals surface area contributed by atoms with Gasteiger partial charge in [0.05, 0.1) is 19.8 Å². The van der Waals surface area contributed by atoms with Crippen LogP contribution < -0.4 is 20.5 Å². The SMILES string of the molecule is COc1ncnc(OC)c1CNCCCCC(N)=O. The number of nitrogens with two attached hydrogens (primary N) is 1. The van der Waals surface area contributed by atoms with E-state index in [2.05, 4.69) is 15.3 Å². The molecule has 0 unspecified atom stereocenters. The molecule has 0 aliphatic rings. The molecule has 0 saturated carbocycles. The van der Waals surface area contributed by atoms with Crippen molar-refractivity contribution in [2.45, 2.75) is 25.8 Å². The van der Waals surface area contributed by atoms with Crippen LogP contribution >= 0.6 is 0 Å². The van der Waals surface area contributed by atoms with Crippen LogP contribution in [-0.2, 0) is 11.3 Å². The fourth-order valence-electron chi connectivity index (χ4n) is 1.65. The van der Waals surface area contributed by atoms with Crippen molar-refractivity contribution in [1.29, 1.82) is 0 Å². The van der Waals surface area contributed by atoms with Gasteiger partial charge < -0.3 is 20.5 Å². The molecule has 1 heterocycles. The zero-order valence-corrected chi connectivity index (χ0v) is 11.3. The molecule has 0 bridgehead atoms. The van der Waals surface area contributed by atoms with Gasteiger partial charge in [0, 0.05) is 13.0 Å². The molecule has 3 N–H and O–H groups in total. The van der Waals surface area contributed by atoms with Gasteiger partial charge in [0.2, 0.25) is 17.7 Å². The van der Waals surface area contributed by atoms with E-state index in [4.69, 9.17) is 15.2 Å². The Morgan fingerprint density at radius 2 is 1.89 bits per heavy atom. The van der Waals surface area contributed by atoms with Crippen molar-refractivity contribution in [3.63, 3.8) is 0 Å². The van der Waals surface area contributed by atoms with Crippen molar-refractivity contribution >= 4 is 5.91 Å². The second kappa shape index (κ2) is 8.25. The number of nitrogens with one attached hydrogen (secondary N) is 1. The van der Waals surface area contributed by atoms with Crippen LogP contribution in [0.4, 0.5) is 0 Å². The van der Waals surface area contributed by atoms with E-state index in [-0.39, 0.29) is 5.91 Å². The Morgan fingerprint density at radius 1 is 1.26 bits per heavy atom. The molecular formula is C12H20N4O3. The Kier molecular flexibility index (Phi) is 6.59. The van der Waals surface area contributed by atoms with E-state index in [0.717, 1.165) is 24.9 Å². The fraction of sp³-hybridized carbons (Fsp3) is 0.583. The average molecular weight is 268 g/mol. The summed E-state index contributed by atoms with van der Waals surface area (Å²) in [6, 6.07) is 0. The fourth-order valence-corrected chi connectivity index (χ4v) is 1.65. The third-order valence-corrected chi connectivity index (χ3v) is 2.58. The van der Waals surface area contributed by atoms with Gasteiger partial charge in [-0.15, -0.1) is 0 Å². The van der Waals surface area contributed by atoms with E-state index < -0.39 is 0 Å². The van der Waals surface area contributed by atoms with Crippen molar-refractivity contribution in [2.24, 2.45) is 5.73 Å². The maximum absolute atomic E-state index is 10.6. The summed E-state index contributed by atoms with van der Waals surface area (Å²) in [5.41, 5.74) is 5.85. The van der Waals surface area contributed by atoms with Crippen molar-refractivity contribution < 1.29 is 14.3 Å². The third-order valence-electron chi connectivity index (χ3n) is 2.58. The normalized spacial score (nSPS) is 10.2. The molecule has 7 nitrogen and oxygen atoms in total. The molecule has 1 aromatic heterocycles. The molecule has 7 heteroatoms. The van der Waals surface area contributed by atoms with Crippen molar-refractivity contribution in [1.82, 2.24) is 15.3 Å². The number of rotatable bonds is 9. The van der Waals surface area contributed by atoms with Gasteiger partial charge in [-0.3, -0.25) is 4.79 Å². The van der Waals surface area contributed by atoms with E-state index in [0.29, 0.717) is 24.7 Å². The van der Waals surface area contributed by atoms with Gasteiger partial charge in [0.1, 0.15) is 6.33 Å². The maximum atomic E-state index is 10.6. The molecule has 1 aromatic rings. The van der Waals surface area contributed by atoms with Gasteiger partial charge in [0.15, 0.2) is 0 Å². The number of primary amides is 1. The lowest BCUT2D eigenvalue weighted by atomic mass is 10.2. The minimum atomic E-state index is -0.264. The first kappa shape index (κ1) is 15.2. The number of ether oxygens (including phenoxy) is 2. The molecule has 0 saturated heterocycles. The summed E-state index contributed by atoms with van der Waals surface area (Å²) >= 11 is 0. The topological polar surface area (TPSA) is 99.4 Å². The minimum Gasteiger partial charge on any atom is -0.481 e. The predicted molar refractivity (Wildman–Crippen MR) is 69.9 cm³/mol. The first-order chi connectivity index (χ1) is 9.19. The van der Waals surface area contributed by atoms with Crippen LogP contribution in [0.1, 0.15) is 24.8 Å². The quantitative estimate of drug-likeness (QED) is 0.622. The lowest BCUT2D eigenvalue weighted by molar-refractivity contribution is -0.118. The first-order valence-electron chi connectivity index (χ1n) is 6.10. The predicted octanol–water partition coefficient (Wildman–Crippen LogP) is 0.239. The van der Waals surface area contributed by atoms with E-state index >= 15 is 0 Å². The summed E-state index contributed by atoms with van der Waals surface area (Å²) in [6.45, 7) is 1.32. The van der Waals surface area contributed by atoms with Crippen molar-refractivity contribution in [3.05, 3.63) is 11.9 Å². The van der Waals surface area contributed by atoms with Gasteiger partial charge in [-0.05, 0) is 19.4 Å². The molecule has 1 amide bonds. The van der Waals surface area contributed by atoms with E-state index in [1.54, 1.807) is 14.2 Å². The van der Waals surface area contributed by atoms with Gasteiger partial charge in [0.25, 0.3) is 0 Å². The second-order valence-corrected chi connectivity index (χ2v) is 3.97. The Hall–Kier alpha value is -1.89. The third kappa shape index (κ3) is 5.09. The molecule has 0 aliphatic carbocycles. The van der Waals surface area contributed by atoms with Crippen LogP contribution in [0.5, 0.6) is 11.8 Å². The van der Waals surface area contributed by atoms with Gasteiger partial charge in [-0.1, -0.05) is 0 Å². The van der Waals surface area contributed by atoms with Crippen LogP contribution in [0, 0.1) is 0 Å². The standard InChI is InChI=1S/C12H20N4O3/c1-18-11-9(12(19-2)16-8-15-11)7-14-6-4-3-5-10(13)17/h8,14H,3-7H2,1-2H3,(H2,13,17). The number of unbranched alkanes of at least 4 members (excludes halogenated alkanes) is 1. The van der Waals surface area contributed by atoms with Crippen LogP contribution in [0.15, 0.2) is 6.33 Å². The number of amides is 1. The summed E-state index contributed by atoms with van der Waals surface area (Å²) in [4.78, 5) is 18.6. The number of carbonyl (C=O) groups excluding carboxylic acids is 1. The summed E-state index contributed by atoms with van der Waals surface area (Å²) in [5, 5.41) is 3.23. The summed E-state index contributed by atoms with van der Waals surface area (Å²) in [5.74, 6) is 0.729. The monoisotopic (exact) mass is 268 g/mol. The highest BCUT2D eigenvalue weighted by Crippen LogP contribution is 2.22. The van der Waals surface area contributed by atoms with Crippen LogP contribution in [0.3, 0.4) is 0 Å². The van der Waals surface area contributed by atoms with E-state index in [1.165, 1.54) is 6.33 Å². The summed E-state index contributed by atoms with van der Waals surface area (Å²) in [6.07, 6.45) is 3.47. The first-order valence-corrected chi connectivity index (χ1v) is 6.10. The van der Waals surface area contributed by atoms with Crippen LogP contribution in [-0.4, -0.2) is 36.6 Å². The lowest BCUT2D eigenvalue weighted by Crippen LogP contribution is -2.17. The molecular weight excluding hydrogens is 248 g/mol. The van der Waals surface area contributed by atoms with E-state index in [1.807, 2.05) is 0 Å². The van der Waals surface area contributed by atoms with Crippen molar-refractivity contribution in [2.75, 3.05) is 20.8 Å². The second-order valence-electron chi connectivity index (χ2n) is 3.97. The van der Waals surface area contributed by atoms with Gasteiger partial charge >= 0.3 is 0 Å². The smallest absolute Gasteiger partial charge is 0.224 e. The Morgan fingerprint density at radius 3 is 2.42 bits per heavy atom. The molecule has 0 aliphatic heterocycles. The number of hydrogen-bond donors (Lipinski definition) is 2. The number of methoxy groups -OCH3 is 2. The largest absolute Gasteiger partial charge is 0.481 e. The van der Waals surface area contributed by atoms with Crippen molar-refractivity contribution in [3.8, 4) is 11.8 Å². The summed E-state index contributed by atoms with van der Waals surface area (Å²) in [7, 11) is 3.11. The zero-order chi connectivity index (χ0) is 14.1. The number of hydrogen-bond acceptors (Lipinski definition) is 6. The Balaban J connectivity index is 2.41.